The second-order valence-electron chi connectivity index (χ2n) is 3.78. The number of aromatic nitrogens is 1. The van der Waals surface area contributed by atoms with Crippen molar-refractivity contribution in [3.63, 3.8) is 0 Å². The molecule has 0 bridgehead atoms. The van der Waals surface area contributed by atoms with Crippen molar-refractivity contribution in [1.82, 2.24) is 0 Å². The van der Waals surface area contributed by atoms with Crippen LogP contribution in [0.5, 0.6) is 0 Å². The van der Waals surface area contributed by atoms with E-state index in [0.717, 1.165) is 19.5 Å². The zero-order valence-corrected chi connectivity index (χ0v) is 11.6. The van der Waals surface area contributed by atoms with Gasteiger partial charge in [-0.15, -0.1) is 4.57 Å². The molecular formula is C13H21ClN2O. The van der Waals surface area contributed by atoms with Crippen LogP contribution >= 0.6 is 0 Å². The van der Waals surface area contributed by atoms with Crippen LogP contribution in [0.3, 0.4) is 0 Å². The SMILES string of the molecule is CCCC(=O)[n+]1ccc(N(CC)CC)cc1.[Cl-]. The van der Waals surface area contributed by atoms with E-state index in [-0.39, 0.29) is 18.3 Å². The maximum atomic E-state index is 11.6. The Labute approximate surface area is 110 Å². The minimum atomic E-state index is 0. The Morgan fingerprint density at radius 2 is 1.71 bits per heavy atom. The zero-order chi connectivity index (χ0) is 12.0. The first-order valence-corrected chi connectivity index (χ1v) is 6.02. The topological polar surface area (TPSA) is 24.2 Å². The van der Waals surface area contributed by atoms with Crippen LogP contribution in [0.1, 0.15) is 38.4 Å². The molecule has 96 valence electrons. The maximum absolute atomic E-state index is 11.6. The van der Waals surface area contributed by atoms with Gasteiger partial charge in [0.15, 0.2) is 12.4 Å². The first-order valence-electron chi connectivity index (χ1n) is 6.02. The molecule has 1 aromatic rings. The van der Waals surface area contributed by atoms with Gasteiger partial charge in [-0.05, 0) is 20.3 Å². The third-order valence-electron chi connectivity index (χ3n) is 2.69. The second kappa shape index (κ2) is 8.07. The molecule has 0 aliphatic carbocycles. The number of hydrogen-bond acceptors (Lipinski definition) is 2. The second-order valence-corrected chi connectivity index (χ2v) is 3.78. The summed E-state index contributed by atoms with van der Waals surface area (Å²) in [7, 11) is 0. The third-order valence-corrected chi connectivity index (χ3v) is 2.69. The van der Waals surface area contributed by atoms with Crippen molar-refractivity contribution in [2.75, 3.05) is 18.0 Å². The van der Waals surface area contributed by atoms with E-state index >= 15 is 0 Å². The van der Waals surface area contributed by atoms with Crippen LogP contribution < -0.4 is 21.9 Å². The molecule has 3 nitrogen and oxygen atoms in total. The summed E-state index contributed by atoms with van der Waals surface area (Å²) in [6, 6.07) is 4.00. The number of anilines is 1. The van der Waals surface area contributed by atoms with Crippen LogP contribution in [-0.4, -0.2) is 19.0 Å². The van der Waals surface area contributed by atoms with Gasteiger partial charge in [-0.25, -0.2) is 4.79 Å². The molecule has 0 aliphatic heterocycles. The van der Waals surface area contributed by atoms with E-state index in [0.29, 0.717) is 6.42 Å². The summed E-state index contributed by atoms with van der Waals surface area (Å²) in [6.07, 6.45) is 5.20. The fourth-order valence-corrected chi connectivity index (χ4v) is 1.73. The Bertz CT molecular complexity index is 334. The standard InChI is InChI=1S/C13H21N2O.ClH/c1-4-7-13(16)15-10-8-12(9-11-15)14(5-2)6-3;/h8-11H,4-7H2,1-3H3;1H/q+1;/p-1. The largest absolute Gasteiger partial charge is 1.00 e. The van der Waals surface area contributed by atoms with Crippen LogP contribution in [0.4, 0.5) is 5.69 Å². The molecule has 1 heterocycles. The molecule has 0 atom stereocenters. The molecule has 4 heteroatoms. The molecule has 0 N–H and O–H groups in total. The maximum Gasteiger partial charge on any atom is 0.392 e. The highest BCUT2D eigenvalue weighted by atomic mass is 35.5. The molecule has 0 saturated carbocycles. The average molecular weight is 257 g/mol. The van der Waals surface area contributed by atoms with Crippen molar-refractivity contribution in [1.29, 1.82) is 0 Å². The molecule has 0 aromatic carbocycles. The predicted octanol–water partition coefficient (Wildman–Crippen LogP) is -0.735. The summed E-state index contributed by atoms with van der Waals surface area (Å²) >= 11 is 0. The fraction of sp³-hybridized carbons (Fsp3) is 0.538. The lowest BCUT2D eigenvalue weighted by Gasteiger charge is -2.19. The molecule has 0 amide bonds. The summed E-state index contributed by atoms with van der Waals surface area (Å²) in [5.41, 5.74) is 1.17. The van der Waals surface area contributed by atoms with Gasteiger partial charge in [0, 0.05) is 30.9 Å². The summed E-state index contributed by atoms with van der Waals surface area (Å²) in [6.45, 7) is 8.26. The van der Waals surface area contributed by atoms with Gasteiger partial charge >= 0.3 is 5.91 Å². The molecule has 0 aliphatic rings. The van der Waals surface area contributed by atoms with Gasteiger partial charge in [-0.2, -0.15) is 0 Å². The Kier molecular flexibility index (Phi) is 7.55. The first-order chi connectivity index (χ1) is 7.72. The smallest absolute Gasteiger partial charge is 0.392 e. The fourth-order valence-electron chi connectivity index (χ4n) is 1.73. The van der Waals surface area contributed by atoms with E-state index in [1.54, 1.807) is 4.57 Å². The number of halogens is 1. The first kappa shape index (κ1) is 15.9. The van der Waals surface area contributed by atoms with Gasteiger partial charge in [0.2, 0.25) is 0 Å². The van der Waals surface area contributed by atoms with Crippen LogP contribution in [0.2, 0.25) is 0 Å². The zero-order valence-electron chi connectivity index (χ0n) is 10.8. The lowest BCUT2D eigenvalue weighted by Crippen LogP contribution is -3.00. The molecule has 0 spiro atoms. The Morgan fingerprint density at radius 3 is 2.12 bits per heavy atom. The minimum absolute atomic E-state index is 0. The van der Waals surface area contributed by atoms with Crippen LogP contribution in [-0.2, 0) is 0 Å². The van der Waals surface area contributed by atoms with Crippen molar-refractivity contribution in [2.24, 2.45) is 0 Å². The molecule has 0 fully saturated rings. The molecule has 17 heavy (non-hydrogen) atoms. The minimum Gasteiger partial charge on any atom is -1.00 e. The van der Waals surface area contributed by atoms with E-state index in [4.69, 9.17) is 0 Å². The lowest BCUT2D eigenvalue weighted by molar-refractivity contribution is -0.574. The van der Waals surface area contributed by atoms with Crippen LogP contribution in [0.25, 0.3) is 0 Å². The van der Waals surface area contributed by atoms with E-state index in [9.17, 15) is 4.79 Å². The Morgan fingerprint density at radius 1 is 1.18 bits per heavy atom. The van der Waals surface area contributed by atoms with Crippen molar-refractivity contribution in [3.05, 3.63) is 24.5 Å². The van der Waals surface area contributed by atoms with Gasteiger partial charge in [-0.1, -0.05) is 6.92 Å². The Balaban J connectivity index is 0.00000256. The monoisotopic (exact) mass is 256 g/mol. The average Bonchev–Trinajstić information content (AvgIpc) is 2.32. The van der Waals surface area contributed by atoms with Crippen molar-refractivity contribution >= 4 is 11.6 Å². The van der Waals surface area contributed by atoms with E-state index < -0.39 is 0 Å². The van der Waals surface area contributed by atoms with Gasteiger partial charge in [0.25, 0.3) is 0 Å². The van der Waals surface area contributed by atoms with Crippen LogP contribution in [0.15, 0.2) is 24.5 Å². The summed E-state index contributed by atoms with van der Waals surface area (Å²) in [5.74, 6) is 0.161. The Hall–Kier alpha value is -1.09. The highest BCUT2D eigenvalue weighted by molar-refractivity contribution is 5.66. The van der Waals surface area contributed by atoms with Gasteiger partial charge in [0.05, 0.1) is 6.42 Å². The van der Waals surface area contributed by atoms with E-state index in [1.807, 2.05) is 31.5 Å². The molecule has 0 unspecified atom stereocenters. The number of rotatable bonds is 5. The van der Waals surface area contributed by atoms with Gasteiger partial charge < -0.3 is 17.3 Å². The molecule has 0 saturated heterocycles. The number of nitrogens with zero attached hydrogens (tertiary/aromatic N) is 2. The highest BCUT2D eigenvalue weighted by Crippen LogP contribution is 2.10. The highest BCUT2D eigenvalue weighted by Gasteiger charge is 2.12. The van der Waals surface area contributed by atoms with E-state index in [2.05, 4.69) is 18.7 Å². The summed E-state index contributed by atoms with van der Waals surface area (Å²) < 4.78 is 1.66. The number of pyridine rings is 1. The summed E-state index contributed by atoms with van der Waals surface area (Å²) in [4.78, 5) is 13.9. The van der Waals surface area contributed by atoms with Crippen molar-refractivity contribution in [2.45, 2.75) is 33.6 Å². The predicted molar refractivity (Wildman–Crippen MR) is 65.7 cm³/mol. The lowest BCUT2D eigenvalue weighted by atomic mass is 10.3. The number of hydrogen-bond donors (Lipinski definition) is 0. The van der Waals surface area contributed by atoms with E-state index in [1.165, 1.54) is 5.69 Å². The van der Waals surface area contributed by atoms with Gasteiger partial charge in [-0.3, -0.25) is 0 Å². The van der Waals surface area contributed by atoms with Crippen molar-refractivity contribution in [3.8, 4) is 0 Å². The third kappa shape index (κ3) is 4.35. The number of carbonyl (C=O) groups is 1. The van der Waals surface area contributed by atoms with Crippen LogP contribution in [0, 0.1) is 0 Å². The molecule has 1 aromatic heterocycles. The normalized spacial score (nSPS) is 9.59. The van der Waals surface area contributed by atoms with Gasteiger partial charge in [0.1, 0.15) is 0 Å². The summed E-state index contributed by atoms with van der Waals surface area (Å²) in [5, 5.41) is 0. The number of carbonyl (C=O) groups excluding carboxylic acids is 1. The molecular weight excluding hydrogens is 236 g/mol. The molecule has 0 radical (unpaired) electrons. The quantitative estimate of drug-likeness (QED) is 0.649. The molecule has 1 rings (SSSR count). The van der Waals surface area contributed by atoms with Crippen molar-refractivity contribution < 1.29 is 21.8 Å².